The second kappa shape index (κ2) is 9.73. The Kier molecular flexibility index (Phi) is 7.34. The summed E-state index contributed by atoms with van der Waals surface area (Å²) in [6, 6.07) is 8.39. The van der Waals surface area contributed by atoms with Crippen LogP contribution in [0.1, 0.15) is 70.8 Å². The number of aromatic nitrogens is 1. The van der Waals surface area contributed by atoms with E-state index in [0.29, 0.717) is 5.92 Å². The molecule has 1 aliphatic carbocycles. The Morgan fingerprint density at radius 2 is 1.89 bits per heavy atom. The lowest BCUT2D eigenvalue weighted by Crippen LogP contribution is -2.32. The van der Waals surface area contributed by atoms with Crippen molar-refractivity contribution in [3.63, 3.8) is 0 Å². The Labute approximate surface area is 170 Å². The third-order valence-electron chi connectivity index (χ3n) is 6.54. The average molecular weight is 383 g/mol. The van der Waals surface area contributed by atoms with Crippen LogP contribution in [0.2, 0.25) is 0 Å². The maximum absolute atomic E-state index is 12.4. The van der Waals surface area contributed by atoms with Gasteiger partial charge < -0.3 is 9.47 Å². The smallest absolute Gasteiger partial charge is 0.258 e. The van der Waals surface area contributed by atoms with Gasteiger partial charge >= 0.3 is 0 Å². The highest BCUT2D eigenvalue weighted by atomic mass is 16.1. The summed E-state index contributed by atoms with van der Waals surface area (Å²) in [7, 11) is 1.83. The van der Waals surface area contributed by atoms with Gasteiger partial charge in [-0.05, 0) is 92.6 Å². The lowest BCUT2D eigenvalue weighted by atomic mass is 9.69. The summed E-state index contributed by atoms with van der Waals surface area (Å²) in [6.45, 7) is 10.7. The van der Waals surface area contributed by atoms with Crippen LogP contribution in [0.5, 0.6) is 0 Å². The molecule has 0 saturated heterocycles. The Morgan fingerprint density at radius 3 is 2.61 bits per heavy atom. The van der Waals surface area contributed by atoms with Crippen LogP contribution in [-0.2, 0) is 7.05 Å². The van der Waals surface area contributed by atoms with Gasteiger partial charge in [-0.15, -0.1) is 0 Å². The molecule has 0 aliphatic heterocycles. The molecule has 0 bridgehead atoms. The molecule has 3 rings (SSSR count). The molecule has 154 valence electrons. The van der Waals surface area contributed by atoms with Gasteiger partial charge in [-0.25, -0.2) is 0 Å². The van der Waals surface area contributed by atoms with E-state index in [1.54, 1.807) is 4.57 Å². The molecule has 0 atom stereocenters. The van der Waals surface area contributed by atoms with Crippen LogP contribution in [0, 0.1) is 11.8 Å². The predicted molar refractivity (Wildman–Crippen MR) is 120 cm³/mol. The van der Waals surface area contributed by atoms with E-state index in [0.717, 1.165) is 22.6 Å². The first-order valence-corrected chi connectivity index (χ1v) is 11.3. The standard InChI is InChI=1S/C25H38N2O/c1-5-6-13-27(15-10-19(2)3)16-11-20-17-21(18-20)22-8-7-9-24-23(22)12-14-26(4)25(24)28/h7-9,12,14,19-21H,5-6,10-11,13,15-18H2,1-4H3. The lowest BCUT2D eigenvalue weighted by Gasteiger charge is -2.37. The van der Waals surface area contributed by atoms with Crippen molar-refractivity contribution in [3.8, 4) is 0 Å². The Morgan fingerprint density at radius 1 is 1.11 bits per heavy atom. The third kappa shape index (κ3) is 5.05. The maximum atomic E-state index is 12.4. The van der Waals surface area contributed by atoms with Crippen molar-refractivity contribution in [1.29, 1.82) is 0 Å². The topological polar surface area (TPSA) is 25.2 Å². The molecule has 1 aromatic heterocycles. The third-order valence-corrected chi connectivity index (χ3v) is 6.54. The summed E-state index contributed by atoms with van der Waals surface area (Å²) in [4.78, 5) is 15.1. The van der Waals surface area contributed by atoms with E-state index in [9.17, 15) is 4.79 Å². The molecule has 0 unspecified atom stereocenters. The fraction of sp³-hybridized carbons (Fsp3) is 0.640. The summed E-state index contributed by atoms with van der Waals surface area (Å²) in [5.74, 6) is 2.26. The van der Waals surface area contributed by atoms with Gasteiger partial charge in [0.2, 0.25) is 0 Å². The molecule has 3 heteroatoms. The van der Waals surface area contributed by atoms with E-state index in [2.05, 4.69) is 43.9 Å². The Balaban J connectivity index is 1.56. The summed E-state index contributed by atoms with van der Waals surface area (Å²) < 4.78 is 1.68. The first kappa shape index (κ1) is 21.1. The van der Waals surface area contributed by atoms with Crippen LogP contribution in [0.4, 0.5) is 0 Å². The summed E-state index contributed by atoms with van der Waals surface area (Å²) in [5, 5.41) is 2.03. The second-order valence-electron chi connectivity index (χ2n) is 9.24. The predicted octanol–water partition coefficient (Wildman–Crippen LogP) is 5.57. The lowest BCUT2D eigenvalue weighted by molar-refractivity contribution is 0.187. The summed E-state index contributed by atoms with van der Waals surface area (Å²) in [6.07, 6.45) is 9.69. The van der Waals surface area contributed by atoms with E-state index >= 15 is 0 Å². The molecular weight excluding hydrogens is 344 g/mol. The highest BCUT2D eigenvalue weighted by molar-refractivity contribution is 5.85. The van der Waals surface area contributed by atoms with Crippen LogP contribution >= 0.6 is 0 Å². The molecule has 3 nitrogen and oxygen atoms in total. The average Bonchev–Trinajstić information content (AvgIpc) is 2.65. The second-order valence-corrected chi connectivity index (χ2v) is 9.24. The number of aryl methyl sites for hydroxylation is 1. The van der Waals surface area contributed by atoms with Crippen LogP contribution in [0.25, 0.3) is 10.8 Å². The maximum Gasteiger partial charge on any atom is 0.258 e. The highest BCUT2D eigenvalue weighted by Crippen LogP contribution is 2.45. The monoisotopic (exact) mass is 382 g/mol. The molecule has 0 N–H and O–H groups in total. The highest BCUT2D eigenvalue weighted by Gasteiger charge is 2.31. The van der Waals surface area contributed by atoms with Crippen molar-refractivity contribution < 1.29 is 0 Å². The van der Waals surface area contributed by atoms with E-state index < -0.39 is 0 Å². The molecular formula is C25H38N2O. The van der Waals surface area contributed by atoms with Crippen molar-refractivity contribution >= 4 is 10.8 Å². The SMILES string of the molecule is CCCCN(CCC(C)C)CCC1CC(c2cccc3c(=O)n(C)ccc23)C1. The zero-order valence-electron chi connectivity index (χ0n) is 18.3. The van der Waals surface area contributed by atoms with Crippen LogP contribution in [-0.4, -0.2) is 29.1 Å². The van der Waals surface area contributed by atoms with Gasteiger partial charge in [-0.3, -0.25) is 4.79 Å². The van der Waals surface area contributed by atoms with Gasteiger partial charge in [0.05, 0.1) is 0 Å². The van der Waals surface area contributed by atoms with Crippen molar-refractivity contribution in [2.75, 3.05) is 19.6 Å². The molecule has 1 aromatic carbocycles. The zero-order chi connectivity index (χ0) is 20.1. The van der Waals surface area contributed by atoms with Crippen LogP contribution < -0.4 is 5.56 Å². The molecule has 1 heterocycles. The van der Waals surface area contributed by atoms with E-state index in [1.165, 1.54) is 63.7 Å². The van der Waals surface area contributed by atoms with Gasteiger partial charge in [0, 0.05) is 18.6 Å². The number of benzene rings is 1. The molecule has 0 radical (unpaired) electrons. The normalized spacial score (nSPS) is 19.5. The first-order chi connectivity index (χ1) is 13.5. The molecule has 2 aromatic rings. The van der Waals surface area contributed by atoms with Gasteiger partial charge in [0.1, 0.15) is 0 Å². The molecule has 0 amide bonds. The minimum absolute atomic E-state index is 0.118. The minimum atomic E-state index is 0.118. The number of fused-ring (bicyclic) bond motifs is 1. The van der Waals surface area contributed by atoms with Gasteiger partial charge in [-0.2, -0.15) is 0 Å². The van der Waals surface area contributed by atoms with E-state index in [-0.39, 0.29) is 5.56 Å². The quantitative estimate of drug-likeness (QED) is 0.537. The Bertz CT molecular complexity index is 817. The number of pyridine rings is 1. The number of hydrogen-bond acceptors (Lipinski definition) is 2. The van der Waals surface area contributed by atoms with Crippen molar-refractivity contribution in [1.82, 2.24) is 9.47 Å². The number of hydrogen-bond donors (Lipinski definition) is 0. The molecule has 0 spiro atoms. The van der Waals surface area contributed by atoms with Crippen molar-refractivity contribution in [2.45, 2.75) is 65.2 Å². The van der Waals surface area contributed by atoms with Crippen LogP contribution in [0.3, 0.4) is 0 Å². The molecule has 1 saturated carbocycles. The van der Waals surface area contributed by atoms with Gasteiger partial charge in [0.25, 0.3) is 5.56 Å². The minimum Gasteiger partial charge on any atom is -0.318 e. The fourth-order valence-corrected chi connectivity index (χ4v) is 4.50. The first-order valence-electron chi connectivity index (χ1n) is 11.3. The van der Waals surface area contributed by atoms with Crippen LogP contribution in [0.15, 0.2) is 35.3 Å². The van der Waals surface area contributed by atoms with E-state index in [1.807, 2.05) is 19.3 Å². The molecule has 1 aliphatic rings. The van der Waals surface area contributed by atoms with Crippen molar-refractivity contribution in [3.05, 3.63) is 46.4 Å². The number of nitrogens with zero attached hydrogens (tertiary/aromatic N) is 2. The van der Waals surface area contributed by atoms with Gasteiger partial charge in [-0.1, -0.05) is 39.3 Å². The van der Waals surface area contributed by atoms with Gasteiger partial charge in [0.15, 0.2) is 0 Å². The summed E-state index contributed by atoms with van der Waals surface area (Å²) >= 11 is 0. The molecule has 1 fully saturated rings. The van der Waals surface area contributed by atoms with Crippen molar-refractivity contribution in [2.24, 2.45) is 18.9 Å². The zero-order valence-corrected chi connectivity index (χ0v) is 18.3. The number of rotatable bonds is 10. The Hall–Kier alpha value is -1.61. The molecule has 28 heavy (non-hydrogen) atoms. The fourth-order valence-electron chi connectivity index (χ4n) is 4.50. The largest absolute Gasteiger partial charge is 0.318 e. The summed E-state index contributed by atoms with van der Waals surface area (Å²) in [5.41, 5.74) is 1.50. The number of unbranched alkanes of at least 4 members (excludes halogenated alkanes) is 1. The van der Waals surface area contributed by atoms with E-state index in [4.69, 9.17) is 0 Å².